The normalized spacial score (nSPS) is 22.9. The van der Waals surface area contributed by atoms with Crippen LogP contribution in [0.2, 0.25) is 0 Å². The fourth-order valence-corrected chi connectivity index (χ4v) is 3.87. The largest absolute Gasteiger partial charge is 0.391 e. The van der Waals surface area contributed by atoms with Crippen LogP contribution in [0.1, 0.15) is 36.0 Å². The molecule has 116 valence electrons. The first-order valence-corrected chi connectivity index (χ1v) is 8.18. The number of rotatable bonds is 2. The monoisotopic (exact) mass is 427 g/mol. The molecule has 2 nitrogen and oxygen atoms in total. The van der Waals surface area contributed by atoms with E-state index in [2.05, 4.69) is 37.2 Å². The molecule has 1 aliphatic carbocycles. The molecule has 2 rings (SSSR count). The van der Waals surface area contributed by atoms with Crippen molar-refractivity contribution in [3.05, 3.63) is 32.7 Å². The Morgan fingerprint density at radius 3 is 2.33 bits per heavy atom. The minimum absolute atomic E-state index is 0.0373. The lowest BCUT2D eigenvalue weighted by Gasteiger charge is -2.31. The van der Waals surface area contributed by atoms with Gasteiger partial charge in [-0.05, 0) is 37.5 Å². The predicted octanol–water partition coefficient (Wildman–Crippen LogP) is 5.06. The van der Waals surface area contributed by atoms with Gasteiger partial charge in [0.1, 0.15) is 0 Å². The van der Waals surface area contributed by atoms with Gasteiger partial charge >= 0.3 is 6.18 Å². The van der Waals surface area contributed by atoms with E-state index in [4.69, 9.17) is 0 Å². The van der Waals surface area contributed by atoms with Gasteiger partial charge in [-0.15, -0.1) is 0 Å². The highest BCUT2D eigenvalue weighted by molar-refractivity contribution is 9.11. The minimum Gasteiger partial charge on any atom is -0.349 e. The van der Waals surface area contributed by atoms with Crippen molar-refractivity contribution in [2.24, 2.45) is 5.92 Å². The smallest absolute Gasteiger partial charge is 0.349 e. The maximum atomic E-state index is 12.8. The standard InChI is InChI=1S/C14H14Br2F3NO/c15-10-4-8(5-11(16)7-10)13(21)20-12-3-1-2-9(6-12)14(17,18)19/h4-5,7,9,12H,1-3,6H2,(H,20,21). The molecule has 0 aromatic heterocycles. The Balaban J connectivity index is 2.02. The molecular weight excluding hydrogens is 415 g/mol. The van der Waals surface area contributed by atoms with E-state index >= 15 is 0 Å². The van der Waals surface area contributed by atoms with Gasteiger partial charge in [-0.3, -0.25) is 4.79 Å². The summed E-state index contributed by atoms with van der Waals surface area (Å²) in [6.45, 7) is 0. The Kier molecular flexibility index (Phi) is 5.35. The molecule has 7 heteroatoms. The molecule has 1 N–H and O–H groups in total. The van der Waals surface area contributed by atoms with E-state index < -0.39 is 18.1 Å². The van der Waals surface area contributed by atoms with Crippen molar-refractivity contribution in [2.75, 3.05) is 0 Å². The Hall–Kier alpha value is -0.560. The molecule has 2 atom stereocenters. The number of alkyl halides is 3. The zero-order valence-corrected chi connectivity index (χ0v) is 14.2. The van der Waals surface area contributed by atoms with Crippen LogP contribution >= 0.6 is 31.9 Å². The van der Waals surface area contributed by atoms with E-state index in [0.717, 1.165) is 8.95 Å². The number of hydrogen-bond donors (Lipinski definition) is 1. The highest BCUT2D eigenvalue weighted by Crippen LogP contribution is 2.37. The van der Waals surface area contributed by atoms with Gasteiger partial charge in [-0.25, -0.2) is 0 Å². The second-order valence-corrected chi connectivity index (χ2v) is 7.07. The summed E-state index contributed by atoms with van der Waals surface area (Å²) in [4.78, 5) is 12.1. The van der Waals surface area contributed by atoms with Crippen molar-refractivity contribution < 1.29 is 18.0 Å². The second kappa shape index (κ2) is 6.69. The van der Waals surface area contributed by atoms with E-state index in [0.29, 0.717) is 18.4 Å². The summed E-state index contributed by atoms with van der Waals surface area (Å²) >= 11 is 6.57. The summed E-state index contributed by atoms with van der Waals surface area (Å²) < 4.78 is 39.7. The highest BCUT2D eigenvalue weighted by atomic mass is 79.9. The molecular formula is C14H14Br2F3NO. The third-order valence-corrected chi connectivity index (χ3v) is 4.51. The summed E-state index contributed by atoms with van der Waals surface area (Å²) in [5.41, 5.74) is 0.422. The molecule has 0 aliphatic heterocycles. The van der Waals surface area contributed by atoms with Crippen molar-refractivity contribution in [1.82, 2.24) is 5.32 Å². The van der Waals surface area contributed by atoms with Gasteiger partial charge in [0, 0.05) is 20.6 Å². The summed E-state index contributed by atoms with van der Waals surface area (Å²) in [5, 5.41) is 2.71. The van der Waals surface area contributed by atoms with E-state index in [1.54, 1.807) is 18.2 Å². The number of carbonyl (C=O) groups excluding carboxylic acids is 1. The van der Waals surface area contributed by atoms with Crippen LogP contribution in [-0.2, 0) is 0 Å². The predicted molar refractivity (Wildman–Crippen MR) is 81.1 cm³/mol. The van der Waals surface area contributed by atoms with Crippen molar-refractivity contribution in [3.8, 4) is 0 Å². The molecule has 1 amide bonds. The molecule has 0 radical (unpaired) electrons. The lowest BCUT2D eigenvalue weighted by atomic mass is 9.85. The molecule has 1 aromatic carbocycles. The van der Waals surface area contributed by atoms with Gasteiger partial charge in [0.25, 0.3) is 5.91 Å². The number of amides is 1. The molecule has 0 heterocycles. The maximum absolute atomic E-state index is 12.8. The fraction of sp³-hybridized carbons (Fsp3) is 0.500. The van der Waals surface area contributed by atoms with Crippen molar-refractivity contribution >= 4 is 37.8 Å². The van der Waals surface area contributed by atoms with Crippen LogP contribution in [0.5, 0.6) is 0 Å². The quantitative estimate of drug-likeness (QED) is 0.700. The van der Waals surface area contributed by atoms with Gasteiger partial charge in [-0.2, -0.15) is 13.2 Å². The zero-order chi connectivity index (χ0) is 15.6. The first-order valence-electron chi connectivity index (χ1n) is 6.59. The molecule has 1 aliphatic rings. The fourth-order valence-electron chi connectivity index (χ4n) is 2.57. The Bertz CT molecular complexity index is 513. The van der Waals surface area contributed by atoms with Gasteiger partial charge in [0.2, 0.25) is 0 Å². The number of halogens is 5. The number of nitrogens with one attached hydrogen (secondary N) is 1. The summed E-state index contributed by atoms with van der Waals surface area (Å²) in [5.74, 6) is -1.66. The van der Waals surface area contributed by atoms with Crippen molar-refractivity contribution in [2.45, 2.75) is 37.9 Å². The van der Waals surface area contributed by atoms with Crippen LogP contribution in [0, 0.1) is 5.92 Å². The lowest BCUT2D eigenvalue weighted by molar-refractivity contribution is -0.183. The van der Waals surface area contributed by atoms with E-state index in [1.807, 2.05) is 0 Å². The molecule has 1 saturated carbocycles. The molecule has 21 heavy (non-hydrogen) atoms. The first-order chi connectivity index (χ1) is 9.75. The van der Waals surface area contributed by atoms with Gasteiger partial charge < -0.3 is 5.32 Å². The molecule has 1 fully saturated rings. The number of carbonyl (C=O) groups is 1. The Morgan fingerprint density at radius 1 is 1.14 bits per heavy atom. The number of hydrogen-bond acceptors (Lipinski definition) is 1. The molecule has 2 unspecified atom stereocenters. The average molecular weight is 429 g/mol. The second-order valence-electron chi connectivity index (χ2n) is 5.23. The summed E-state index contributed by atoms with van der Waals surface area (Å²) in [6, 6.07) is 4.65. The van der Waals surface area contributed by atoms with Crippen LogP contribution in [0.25, 0.3) is 0 Å². The van der Waals surface area contributed by atoms with E-state index in [-0.39, 0.29) is 18.7 Å². The van der Waals surface area contributed by atoms with Crippen molar-refractivity contribution in [1.29, 1.82) is 0 Å². The van der Waals surface area contributed by atoms with E-state index in [1.165, 1.54) is 0 Å². The van der Waals surface area contributed by atoms with Gasteiger partial charge in [0.05, 0.1) is 5.92 Å². The van der Waals surface area contributed by atoms with Crippen LogP contribution in [-0.4, -0.2) is 18.1 Å². The van der Waals surface area contributed by atoms with Crippen LogP contribution in [0.3, 0.4) is 0 Å². The zero-order valence-electron chi connectivity index (χ0n) is 11.0. The minimum atomic E-state index is -4.18. The summed E-state index contributed by atoms with van der Waals surface area (Å²) in [6.07, 6.45) is -2.99. The SMILES string of the molecule is O=C(NC1CCCC(C(F)(F)F)C1)c1cc(Br)cc(Br)c1. The first kappa shape index (κ1) is 16.8. The topological polar surface area (TPSA) is 29.1 Å². The third kappa shape index (κ3) is 4.71. The molecule has 1 aromatic rings. The van der Waals surface area contributed by atoms with Crippen LogP contribution in [0.15, 0.2) is 27.1 Å². The highest BCUT2D eigenvalue weighted by Gasteiger charge is 2.42. The van der Waals surface area contributed by atoms with Crippen molar-refractivity contribution in [3.63, 3.8) is 0 Å². The van der Waals surface area contributed by atoms with Gasteiger partial charge in [0.15, 0.2) is 0 Å². The molecule has 0 saturated heterocycles. The Morgan fingerprint density at radius 2 is 1.76 bits per heavy atom. The van der Waals surface area contributed by atoms with Gasteiger partial charge in [-0.1, -0.05) is 38.3 Å². The molecule has 0 bridgehead atoms. The van der Waals surface area contributed by atoms with E-state index in [9.17, 15) is 18.0 Å². The third-order valence-electron chi connectivity index (χ3n) is 3.60. The van der Waals surface area contributed by atoms with Crippen LogP contribution in [0.4, 0.5) is 13.2 Å². The number of benzene rings is 1. The Labute approximate surface area is 137 Å². The average Bonchev–Trinajstić information content (AvgIpc) is 2.37. The molecule has 0 spiro atoms. The maximum Gasteiger partial charge on any atom is 0.391 e. The lowest BCUT2D eigenvalue weighted by Crippen LogP contribution is -2.41. The summed E-state index contributed by atoms with van der Waals surface area (Å²) in [7, 11) is 0. The van der Waals surface area contributed by atoms with Crippen LogP contribution < -0.4 is 5.32 Å².